The Balaban J connectivity index is 1.46. The van der Waals surface area contributed by atoms with E-state index in [1.165, 1.54) is 5.56 Å². The SMILES string of the molecule is Cn1nccc1-c1n[nH]nc1CNc1nc(-c2cccnc2)nc2c1CCC2. The summed E-state index contributed by atoms with van der Waals surface area (Å²) in [5, 5.41) is 19.0. The second kappa shape index (κ2) is 6.84. The molecule has 0 saturated heterocycles. The highest BCUT2D eigenvalue weighted by Crippen LogP contribution is 2.29. The van der Waals surface area contributed by atoms with Crippen molar-refractivity contribution in [3.63, 3.8) is 0 Å². The van der Waals surface area contributed by atoms with Crippen LogP contribution in [0.4, 0.5) is 5.82 Å². The van der Waals surface area contributed by atoms with Gasteiger partial charge in [0.1, 0.15) is 17.2 Å². The summed E-state index contributed by atoms with van der Waals surface area (Å²) in [5.41, 5.74) is 5.73. The molecule has 1 aliphatic carbocycles. The van der Waals surface area contributed by atoms with Crippen LogP contribution in [0.3, 0.4) is 0 Å². The number of aromatic amines is 1. The van der Waals surface area contributed by atoms with E-state index in [2.05, 4.69) is 30.8 Å². The van der Waals surface area contributed by atoms with Gasteiger partial charge in [0.15, 0.2) is 5.82 Å². The highest BCUT2D eigenvalue weighted by atomic mass is 15.4. The first-order chi connectivity index (χ1) is 13.8. The van der Waals surface area contributed by atoms with Crippen LogP contribution in [0.1, 0.15) is 23.4 Å². The highest BCUT2D eigenvalue weighted by Gasteiger charge is 2.21. The molecule has 140 valence electrons. The van der Waals surface area contributed by atoms with Gasteiger partial charge in [-0.05, 0) is 37.5 Å². The van der Waals surface area contributed by atoms with E-state index in [9.17, 15) is 0 Å². The van der Waals surface area contributed by atoms with Gasteiger partial charge >= 0.3 is 0 Å². The largest absolute Gasteiger partial charge is 0.364 e. The summed E-state index contributed by atoms with van der Waals surface area (Å²) in [7, 11) is 1.89. The molecule has 2 N–H and O–H groups in total. The lowest BCUT2D eigenvalue weighted by molar-refractivity contribution is 0.771. The quantitative estimate of drug-likeness (QED) is 0.551. The Kier molecular flexibility index (Phi) is 4.04. The summed E-state index contributed by atoms with van der Waals surface area (Å²) in [6.07, 6.45) is 8.35. The fraction of sp³-hybridized carbons (Fsp3) is 0.263. The number of hydrogen-bond acceptors (Lipinski definition) is 7. The van der Waals surface area contributed by atoms with Crippen molar-refractivity contribution in [2.75, 3.05) is 5.32 Å². The summed E-state index contributed by atoms with van der Waals surface area (Å²) in [6.45, 7) is 0.507. The highest BCUT2D eigenvalue weighted by molar-refractivity contribution is 5.61. The van der Waals surface area contributed by atoms with Gasteiger partial charge in [0.25, 0.3) is 0 Å². The number of aromatic nitrogens is 8. The average Bonchev–Trinajstić information content (AvgIpc) is 3.47. The van der Waals surface area contributed by atoms with Crippen LogP contribution < -0.4 is 5.32 Å². The molecule has 4 aromatic heterocycles. The number of nitrogens with zero attached hydrogens (tertiary/aromatic N) is 7. The predicted octanol–water partition coefficient (Wildman–Crippen LogP) is 2.16. The van der Waals surface area contributed by atoms with Gasteiger partial charge in [-0.2, -0.15) is 20.5 Å². The number of rotatable bonds is 5. The smallest absolute Gasteiger partial charge is 0.163 e. The van der Waals surface area contributed by atoms with Crippen LogP contribution >= 0.6 is 0 Å². The molecule has 1 aliphatic rings. The van der Waals surface area contributed by atoms with Crippen LogP contribution in [0.5, 0.6) is 0 Å². The molecule has 0 aromatic carbocycles. The molecule has 9 heteroatoms. The van der Waals surface area contributed by atoms with E-state index >= 15 is 0 Å². The van der Waals surface area contributed by atoms with E-state index in [-0.39, 0.29) is 0 Å². The van der Waals surface area contributed by atoms with Gasteiger partial charge in [-0.15, -0.1) is 0 Å². The topological polar surface area (TPSA) is 110 Å². The maximum Gasteiger partial charge on any atom is 0.163 e. The van der Waals surface area contributed by atoms with E-state index in [4.69, 9.17) is 9.97 Å². The zero-order chi connectivity index (χ0) is 18.9. The standard InChI is InChI=1S/C19H19N9/c1-28-16(7-9-22-28)17-15(25-27-26-17)11-21-19-13-5-2-6-14(13)23-18(24-19)12-4-3-8-20-10-12/h3-4,7-10H,2,5-6,11H2,1H3,(H,21,23,24)(H,25,26,27). The molecule has 0 unspecified atom stereocenters. The van der Waals surface area contributed by atoms with Gasteiger partial charge in [0.2, 0.25) is 0 Å². The Labute approximate surface area is 161 Å². The lowest BCUT2D eigenvalue weighted by atomic mass is 10.2. The maximum atomic E-state index is 4.79. The Morgan fingerprint density at radius 3 is 2.93 bits per heavy atom. The summed E-state index contributed by atoms with van der Waals surface area (Å²) in [6, 6.07) is 5.80. The molecule has 5 rings (SSSR count). The third-order valence-electron chi connectivity index (χ3n) is 4.96. The number of fused-ring (bicyclic) bond motifs is 1. The van der Waals surface area contributed by atoms with Gasteiger partial charge in [-0.1, -0.05) is 0 Å². The minimum Gasteiger partial charge on any atom is -0.364 e. The van der Waals surface area contributed by atoms with E-state index in [0.29, 0.717) is 12.4 Å². The number of hydrogen-bond donors (Lipinski definition) is 2. The van der Waals surface area contributed by atoms with E-state index in [1.807, 2.05) is 25.2 Å². The first-order valence-electron chi connectivity index (χ1n) is 9.21. The van der Waals surface area contributed by atoms with Crippen molar-refractivity contribution in [1.82, 2.24) is 40.1 Å². The average molecular weight is 373 g/mol. The molecule has 9 nitrogen and oxygen atoms in total. The Morgan fingerprint density at radius 1 is 1.14 bits per heavy atom. The molecule has 4 heterocycles. The zero-order valence-electron chi connectivity index (χ0n) is 15.4. The Morgan fingerprint density at radius 2 is 2.11 bits per heavy atom. The fourth-order valence-electron chi connectivity index (χ4n) is 3.56. The second-order valence-electron chi connectivity index (χ2n) is 6.73. The molecule has 0 amide bonds. The van der Waals surface area contributed by atoms with E-state index in [0.717, 1.165) is 53.4 Å². The van der Waals surface area contributed by atoms with Crippen LogP contribution in [-0.4, -0.2) is 40.1 Å². The molecule has 0 radical (unpaired) electrons. The van der Waals surface area contributed by atoms with Gasteiger partial charge in [-0.3, -0.25) is 9.67 Å². The van der Waals surface area contributed by atoms with Crippen LogP contribution in [-0.2, 0) is 26.4 Å². The van der Waals surface area contributed by atoms with Crippen LogP contribution in [0, 0.1) is 0 Å². The van der Waals surface area contributed by atoms with Crippen LogP contribution in [0.15, 0.2) is 36.8 Å². The molecule has 0 saturated carbocycles. The summed E-state index contributed by atoms with van der Waals surface area (Å²) in [4.78, 5) is 13.7. The van der Waals surface area contributed by atoms with Gasteiger partial charge in [0, 0.05) is 42.5 Å². The summed E-state index contributed by atoms with van der Waals surface area (Å²) in [5.74, 6) is 1.56. The minimum absolute atomic E-state index is 0.507. The number of anilines is 1. The van der Waals surface area contributed by atoms with Gasteiger partial charge in [0.05, 0.1) is 12.2 Å². The fourth-order valence-corrected chi connectivity index (χ4v) is 3.56. The van der Waals surface area contributed by atoms with Gasteiger partial charge in [-0.25, -0.2) is 9.97 Å². The maximum absolute atomic E-state index is 4.79. The van der Waals surface area contributed by atoms with E-state index in [1.54, 1.807) is 23.3 Å². The molecular weight excluding hydrogens is 354 g/mol. The zero-order valence-corrected chi connectivity index (χ0v) is 15.4. The van der Waals surface area contributed by atoms with E-state index < -0.39 is 0 Å². The van der Waals surface area contributed by atoms with Crippen molar-refractivity contribution in [3.8, 4) is 22.8 Å². The molecule has 0 aliphatic heterocycles. The number of aryl methyl sites for hydroxylation is 2. The molecule has 28 heavy (non-hydrogen) atoms. The lowest BCUT2D eigenvalue weighted by Gasteiger charge is -2.12. The van der Waals surface area contributed by atoms with Crippen LogP contribution in [0.25, 0.3) is 22.8 Å². The third-order valence-corrected chi connectivity index (χ3v) is 4.96. The van der Waals surface area contributed by atoms with Crippen LogP contribution in [0.2, 0.25) is 0 Å². The van der Waals surface area contributed by atoms with Crippen molar-refractivity contribution in [3.05, 3.63) is 53.7 Å². The summed E-state index contributed by atoms with van der Waals surface area (Å²) >= 11 is 0. The van der Waals surface area contributed by atoms with Crippen molar-refractivity contribution in [2.24, 2.45) is 7.05 Å². The first kappa shape index (κ1) is 16.5. The molecule has 4 aromatic rings. The predicted molar refractivity (Wildman–Crippen MR) is 103 cm³/mol. The third kappa shape index (κ3) is 2.90. The number of H-pyrrole nitrogens is 1. The van der Waals surface area contributed by atoms with Crippen molar-refractivity contribution < 1.29 is 0 Å². The molecule has 0 spiro atoms. The normalized spacial score (nSPS) is 12.9. The number of pyridine rings is 1. The molecular formula is C19H19N9. The first-order valence-corrected chi connectivity index (χ1v) is 9.21. The Hall–Kier alpha value is -3.62. The van der Waals surface area contributed by atoms with Crippen molar-refractivity contribution in [1.29, 1.82) is 0 Å². The van der Waals surface area contributed by atoms with Gasteiger partial charge < -0.3 is 5.32 Å². The second-order valence-corrected chi connectivity index (χ2v) is 6.73. The minimum atomic E-state index is 0.507. The monoisotopic (exact) mass is 373 g/mol. The molecule has 0 bridgehead atoms. The molecule has 0 atom stereocenters. The van der Waals surface area contributed by atoms with Crippen molar-refractivity contribution >= 4 is 5.82 Å². The summed E-state index contributed by atoms with van der Waals surface area (Å²) < 4.78 is 1.78. The Bertz CT molecular complexity index is 1110. The lowest BCUT2D eigenvalue weighted by Crippen LogP contribution is -2.09. The number of nitrogens with one attached hydrogen (secondary N) is 2. The van der Waals surface area contributed by atoms with Crippen molar-refractivity contribution in [2.45, 2.75) is 25.8 Å². The molecule has 0 fully saturated rings.